The van der Waals surface area contributed by atoms with Crippen LogP contribution >= 0.6 is 0 Å². The molecule has 2 amide bonds. The van der Waals surface area contributed by atoms with Crippen LogP contribution in [0.5, 0.6) is 0 Å². The summed E-state index contributed by atoms with van der Waals surface area (Å²) in [4.78, 5) is 30.2. The second-order valence-electron chi connectivity index (χ2n) is 13.3. The number of amides is 2. The van der Waals surface area contributed by atoms with E-state index < -0.39 is 18.5 Å². The lowest BCUT2D eigenvalue weighted by Crippen LogP contribution is -2.75. The van der Waals surface area contributed by atoms with E-state index >= 15 is 0 Å². The summed E-state index contributed by atoms with van der Waals surface area (Å²) in [5, 5.41) is 19.9. The summed E-state index contributed by atoms with van der Waals surface area (Å²) in [6.07, 6.45) is 0.348. The van der Waals surface area contributed by atoms with Crippen molar-refractivity contribution in [1.29, 1.82) is 5.26 Å². The van der Waals surface area contributed by atoms with Gasteiger partial charge in [0.2, 0.25) is 11.8 Å². The predicted molar refractivity (Wildman–Crippen MR) is 163 cm³/mol. The molecule has 13 heteroatoms. The molecule has 7 rings (SSSR count). The van der Waals surface area contributed by atoms with Crippen LogP contribution in [0.2, 0.25) is 0 Å². The van der Waals surface area contributed by atoms with Crippen molar-refractivity contribution in [2.24, 2.45) is 12.5 Å². The molecule has 0 atom stereocenters. The van der Waals surface area contributed by atoms with E-state index in [0.29, 0.717) is 17.9 Å². The lowest BCUT2D eigenvalue weighted by Gasteiger charge is -2.70. The maximum Gasteiger partial charge on any atom is 0.397 e. The largest absolute Gasteiger partial charge is 0.397 e. The molecule has 0 unspecified atom stereocenters. The van der Waals surface area contributed by atoms with E-state index in [1.54, 1.807) is 11.6 Å². The summed E-state index contributed by atoms with van der Waals surface area (Å²) in [6, 6.07) is 8.78. The Labute approximate surface area is 259 Å². The topological polar surface area (TPSA) is 120 Å². The van der Waals surface area contributed by atoms with Crippen LogP contribution in [0.4, 0.5) is 24.8 Å². The molecule has 2 aromatic heterocycles. The molecule has 3 heterocycles. The van der Waals surface area contributed by atoms with Gasteiger partial charge in [0.05, 0.1) is 6.33 Å². The van der Waals surface area contributed by atoms with Gasteiger partial charge in [0, 0.05) is 62.1 Å². The van der Waals surface area contributed by atoms with Gasteiger partial charge in [-0.2, -0.15) is 18.4 Å². The number of nitrogens with zero attached hydrogens (tertiary/aromatic N) is 5. The molecular weight excluding hydrogens is 585 g/mol. The number of piperidine rings is 1. The normalized spacial score (nSPS) is 23.2. The number of benzene rings is 1. The Hall–Kier alpha value is -4.05. The molecule has 2 bridgehead atoms. The van der Waals surface area contributed by atoms with E-state index in [9.17, 15) is 28.0 Å². The number of fused-ring (bicyclic) bond motifs is 1. The van der Waals surface area contributed by atoms with Gasteiger partial charge in [-0.3, -0.25) is 14.5 Å². The Bertz CT molecular complexity index is 1660. The second-order valence-corrected chi connectivity index (χ2v) is 13.3. The first-order valence-corrected chi connectivity index (χ1v) is 15.5. The third kappa shape index (κ3) is 6.12. The van der Waals surface area contributed by atoms with Crippen LogP contribution in [0.3, 0.4) is 0 Å². The second kappa shape index (κ2) is 11.4. The van der Waals surface area contributed by atoms with Gasteiger partial charge in [0.1, 0.15) is 18.2 Å². The van der Waals surface area contributed by atoms with Crippen LogP contribution < -0.4 is 16.0 Å². The van der Waals surface area contributed by atoms with Gasteiger partial charge in [-0.25, -0.2) is 4.98 Å². The summed E-state index contributed by atoms with van der Waals surface area (Å²) in [6.45, 7) is 7.20. The number of halogens is 3. The SMILES string of the molecule is CCC(=O)NC12CC(Cn3c(C#N)cc4c(C)c(CN5CCC(Nc6c(NC(=O)CC(F)(F)F)ncn6C)CC5)ccc43)(C1)C2. The average molecular weight is 625 g/mol. The highest BCUT2D eigenvalue weighted by atomic mass is 19.4. The molecule has 4 fully saturated rings. The van der Waals surface area contributed by atoms with Crippen molar-refractivity contribution < 1.29 is 22.8 Å². The molecule has 10 nitrogen and oxygen atoms in total. The van der Waals surface area contributed by atoms with E-state index in [2.05, 4.69) is 55.5 Å². The van der Waals surface area contributed by atoms with Gasteiger partial charge in [0.25, 0.3) is 0 Å². The lowest BCUT2D eigenvalue weighted by molar-refractivity contribution is -0.171. The number of carbonyl (C=O) groups is 2. The molecule has 4 aliphatic rings. The molecule has 0 radical (unpaired) electrons. The van der Waals surface area contributed by atoms with Gasteiger partial charge in [-0.1, -0.05) is 13.0 Å². The molecule has 1 saturated heterocycles. The number of imidazole rings is 1. The fourth-order valence-corrected chi connectivity index (χ4v) is 7.69. The Morgan fingerprint density at radius 2 is 1.87 bits per heavy atom. The van der Waals surface area contributed by atoms with Crippen molar-refractivity contribution >= 4 is 34.4 Å². The molecular formula is C32H39F3N8O2. The van der Waals surface area contributed by atoms with Crippen LogP contribution in [0, 0.1) is 23.7 Å². The standard InChI is InChI=1S/C32H39F3N8O2/c1-4-26(44)40-31-15-30(16-31,17-31)18-43-23(13-36)11-24-20(2)21(5-6-25(24)43)14-42-9-7-22(8-10-42)38-29-28(37-19-41(29)3)39-27(45)12-32(33,34)35/h5-6,11,19,22,38H,4,7-10,12,14-18H2,1-3H3,(H,39,45)(H,40,44). The highest BCUT2D eigenvalue weighted by Crippen LogP contribution is 2.68. The molecule has 45 heavy (non-hydrogen) atoms. The van der Waals surface area contributed by atoms with Crippen molar-refractivity contribution in [3.8, 4) is 6.07 Å². The summed E-state index contributed by atoms with van der Waals surface area (Å²) in [5.74, 6) is -0.456. The van der Waals surface area contributed by atoms with Crippen molar-refractivity contribution in [3.05, 3.63) is 41.3 Å². The molecule has 1 aromatic carbocycles. The summed E-state index contributed by atoms with van der Waals surface area (Å²) < 4.78 is 41.7. The zero-order valence-corrected chi connectivity index (χ0v) is 25.9. The van der Waals surface area contributed by atoms with Crippen molar-refractivity contribution in [2.75, 3.05) is 23.7 Å². The van der Waals surface area contributed by atoms with E-state index in [4.69, 9.17) is 0 Å². The molecule has 3 N–H and O–H groups in total. The summed E-state index contributed by atoms with van der Waals surface area (Å²) in [7, 11) is 1.73. The van der Waals surface area contributed by atoms with Gasteiger partial charge in [0.15, 0.2) is 11.6 Å². The third-order valence-corrected chi connectivity index (χ3v) is 9.82. The predicted octanol–water partition coefficient (Wildman–Crippen LogP) is 4.97. The molecule has 0 spiro atoms. The number of aryl methyl sites for hydroxylation is 2. The Morgan fingerprint density at radius 1 is 1.16 bits per heavy atom. The fourth-order valence-electron chi connectivity index (χ4n) is 7.69. The highest BCUT2D eigenvalue weighted by molar-refractivity contribution is 5.92. The third-order valence-electron chi connectivity index (χ3n) is 9.82. The summed E-state index contributed by atoms with van der Waals surface area (Å²) >= 11 is 0. The highest BCUT2D eigenvalue weighted by Gasteiger charge is 2.68. The first-order valence-electron chi connectivity index (χ1n) is 15.5. The number of alkyl halides is 3. The van der Waals surface area contributed by atoms with Gasteiger partial charge in [-0.15, -0.1) is 0 Å². The maximum absolute atomic E-state index is 12.6. The number of carbonyl (C=O) groups excluding carboxylic acids is 2. The van der Waals surface area contributed by atoms with E-state index in [1.807, 2.05) is 13.0 Å². The minimum Gasteiger partial charge on any atom is -0.366 e. The first kappa shape index (κ1) is 31.0. The minimum atomic E-state index is -4.58. The van der Waals surface area contributed by atoms with Crippen LogP contribution in [0.25, 0.3) is 10.9 Å². The summed E-state index contributed by atoms with van der Waals surface area (Å²) in [5.41, 5.74) is 4.22. The van der Waals surface area contributed by atoms with Crippen LogP contribution in [-0.4, -0.2) is 61.7 Å². The number of nitrogens with one attached hydrogen (secondary N) is 3. The van der Waals surface area contributed by atoms with E-state index in [-0.39, 0.29) is 28.7 Å². The minimum absolute atomic E-state index is 0.0402. The van der Waals surface area contributed by atoms with E-state index in [1.165, 1.54) is 17.5 Å². The van der Waals surface area contributed by atoms with Gasteiger partial charge >= 0.3 is 6.18 Å². The Balaban J connectivity index is 1.06. The average Bonchev–Trinajstić information content (AvgIpc) is 3.47. The van der Waals surface area contributed by atoms with Crippen molar-refractivity contribution in [3.63, 3.8) is 0 Å². The molecule has 3 saturated carbocycles. The van der Waals surface area contributed by atoms with E-state index in [0.717, 1.165) is 69.2 Å². The lowest BCUT2D eigenvalue weighted by atomic mass is 9.39. The van der Waals surface area contributed by atoms with Crippen molar-refractivity contribution in [2.45, 2.75) is 89.6 Å². The van der Waals surface area contributed by atoms with Crippen molar-refractivity contribution in [1.82, 2.24) is 24.3 Å². The van der Waals surface area contributed by atoms with Gasteiger partial charge in [-0.05, 0) is 67.7 Å². The van der Waals surface area contributed by atoms with Crippen LogP contribution in [0.1, 0.15) is 68.7 Å². The molecule has 3 aromatic rings. The zero-order valence-electron chi connectivity index (χ0n) is 25.9. The van der Waals surface area contributed by atoms with Crippen LogP contribution in [0.15, 0.2) is 24.5 Å². The number of likely N-dealkylation sites (tertiary alicyclic amines) is 1. The number of hydrogen-bond acceptors (Lipinski definition) is 6. The van der Waals surface area contributed by atoms with Gasteiger partial charge < -0.3 is 25.1 Å². The Kier molecular flexibility index (Phi) is 7.83. The first-order chi connectivity index (χ1) is 21.3. The molecule has 3 aliphatic carbocycles. The monoisotopic (exact) mass is 624 g/mol. The quantitative estimate of drug-likeness (QED) is 0.293. The molecule has 240 valence electrons. The number of nitriles is 1. The van der Waals surface area contributed by atoms with Crippen LogP contribution in [-0.2, 0) is 29.7 Å². The Morgan fingerprint density at radius 3 is 2.51 bits per heavy atom. The maximum atomic E-state index is 12.6. The smallest absolute Gasteiger partial charge is 0.366 e. The number of hydrogen-bond donors (Lipinski definition) is 3. The number of rotatable bonds is 10. The molecule has 1 aliphatic heterocycles. The zero-order chi connectivity index (χ0) is 32.1. The number of anilines is 2. The fraction of sp³-hybridized carbons (Fsp3) is 0.562. The number of aromatic nitrogens is 3.